The Hall–Kier alpha value is -2.41. The number of nitrogens with zero attached hydrogens (tertiary/aromatic N) is 2. The number of nitro benzene ring substituents is 1. The summed E-state index contributed by atoms with van der Waals surface area (Å²) in [5, 5.41) is 21.8. The fourth-order valence-electron chi connectivity index (χ4n) is 1.82. The second-order valence-corrected chi connectivity index (χ2v) is 5.23. The maximum absolute atomic E-state index is 10.9. The van der Waals surface area contributed by atoms with Crippen LogP contribution in [-0.4, -0.2) is 23.0 Å². The van der Waals surface area contributed by atoms with Crippen molar-refractivity contribution in [1.82, 2.24) is 0 Å². The molecule has 7 heteroatoms. The lowest BCUT2D eigenvalue weighted by Crippen LogP contribution is -2.16. The molecule has 0 bridgehead atoms. The molecule has 2 rings (SSSR count). The summed E-state index contributed by atoms with van der Waals surface area (Å²) in [6, 6.07) is 8.03. The predicted octanol–water partition coefficient (Wildman–Crippen LogP) is 2.99. The number of hydrogen-bond acceptors (Lipinski definition) is 5. The molecular formula is C13H12N2O4S. The van der Waals surface area contributed by atoms with E-state index in [2.05, 4.69) is 0 Å². The second-order valence-electron chi connectivity index (χ2n) is 4.20. The van der Waals surface area contributed by atoms with Crippen LogP contribution in [0.1, 0.15) is 15.2 Å². The van der Waals surface area contributed by atoms with E-state index in [1.54, 1.807) is 24.5 Å². The van der Waals surface area contributed by atoms with Gasteiger partial charge in [0.2, 0.25) is 0 Å². The fraction of sp³-hybridized carbons (Fsp3) is 0.154. The molecule has 0 saturated carbocycles. The van der Waals surface area contributed by atoms with E-state index in [9.17, 15) is 14.9 Å². The Morgan fingerprint density at radius 1 is 1.45 bits per heavy atom. The van der Waals surface area contributed by atoms with Gasteiger partial charge in [-0.1, -0.05) is 6.07 Å². The van der Waals surface area contributed by atoms with Gasteiger partial charge in [0, 0.05) is 23.7 Å². The summed E-state index contributed by atoms with van der Waals surface area (Å²) < 4.78 is 0. The number of carboxylic acids is 1. The van der Waals surface area contributed by atoms with Gasteiger partial charge in [0.15, 0.2) is 0 Å². The van der Waals surface area contributed by atoms with Gasteiger partial charge in [-0.25, -0.2) is 4.79 Å². The lowest BCUT2D eigenvalue weighted by Gasteiger charge is -2.18. The summed E-state index contributed by atoms with van der Waals surface area (Å²) in [5.41, 5.74) is -0.0913. The number of anilines is 1. The summed E-state index contributed by atoms with van der Waals surface area (Å²) >= 11 is 1.59. The Bertz CT molecular complexity index is 640. The number of thiophene rings is 1. The molecule has 1 heterocycles. The topological polar surface area (TPSA) is 83.7 Å². The van der Waals surface area contributed by atoms with Crippen LogP contribution in [0.15, 0.2) is 35.7 Å². The average molecular weight is 292 g/mol. The minimum Gasteiger partial charge on any atom is -0.477 e. The normalized spacial score (nSPS) is 10.2. The molecule has 0 spiro atoms. The Labute approximate surface area is 119 Å². The monoisotopic (exact) mass is 292 g/mol. The van der Waals surface area contributed by atoms with E-state index >= 15 is 0 Å². The Kier molecular flexibility index (Phi) is 3.99. The van der Waals surface area contributed by atoms with Crippen molar-refractivity contribution < 1.29 is 14.8 Å². The highest BCUT2D eigenvalue weighted by atomic mass is 32.1. The van der Waals surface area contributed by atoms with Crippen LogP contribution in [0.4, 0.5) is 11.4 Å². The molecule has 2 aromatic rings. The van der Waals surface area contributed by atoms with Gasteiger partial charge in [-0.3, -0.25) is 10.1 Å². The van der Waals surface area contributed by atoms with Crippen molar-refractivity contribution in [3.8, 4) is 0 Å². The third kappa shape index (κ3) is 2.94. The highest BCUT2D eigenvalue weighted by molar-refractivity contribution is 7.09. The third-order valence-corrected chi connectivity index (χ3v) is 3.68. The molecule has 1 aromatic carbocycles. The van der Waals surface area contributed by atoms with Crippen LogP contribution in [0.25, 0.3) is 0 Å². The maximum atomic E-state index is 10.9. The van der Waals surface area contributed by atoms with Crippen molar-refractivity contribution in [3.63, 3.8) is 0 Å². The minimum absolute atomic E-state index is 0.303. The number of carbonyl (C=O) groups is 1. The molecule has 104 valence electrons. The molecule has 20 heavy (non-hydrogen) atoms. The first-order valence-electron chi connectivity index (χ1n) is 5.74. The van der Waals surface area contributed by atoms with Gasteiger partial charge in [0.1, 0.15) is 5.56 Å². The molecule has 0 aliphatic rings. The first-order valence-corrected chi connectivity index (χ1v) is 6.62. The van der Waals surface area contributed by atoms with Crippen LogP contribution in [-0.2, 0) is 6.54 Å². The Morgan fingerprint density at radius 2 is 2.20 bits per heavy atom. The molecular weight excluding hydrogens is 280 g/mol. The summed E-state index contributed by atoms with van der Waals surface area (Å²) in [5.74, 6) is -1.30. The molecule has 0 radical (unpaired) electrons. The first-order chi connectivity index (χ1) is 9.49. The molecule has 1 N–H and O–H groups in total. The number of hydrogen-bond donors (Lipinski definition) is 1. The fourth-order valence-corrected chi connectivity index (χ4v) is 2.57. The highest BCUT2D eigenvalue weighted by Gasteiger charge is 2.21. The van der Waals surface area contributed by atoms with E-state index in [4.69, 9.17) is 5.11 Å². The van der Waals surface area contributed by atoms with Crippen molar-refractivity contribution in [1.29, 1.82) is 0 Å². The molecule has 6 nitrogen and oxygen atoms in total. The van der Waals surface area contributed by atoms with Crippen molar-refractivity contribution in [2.24, 2.45) is 0 Å². The van der Waals surface area contributed by atoms with Gasteiger partial charge in [-0.15, -0.1) is 11.3 Å². The van der Waals surface area contributed by atoms with Gasteiger partial charge in [-0.05, 0) is 23.6 Å². The van der Waals surface area contributed by atoms with Crippen LogP contribution in [0.3, 0.4) is 0 Å². The smallest absolute Gasteiger partial charge is 0.342 e. The second kappa shape index (κ2) is 5.70. The standard InChI is InChI=1S/C13H12N2O4S/c1-14(8-10-3-2-6-20-10)9-4-5-11(13(16)17)12(7-9)15(18)19/h2-7H,8H2,1H3,(H,16,17). The van der Waals surface area contributed by atoms with Crippen LogP contribution in [0.2, 0.25) is 0 Å². The van der Waals surface area contributed by atoms with E-state index in [-0.39, 0.29) is 5.56 Å². The highest BCUT2D eigenvalue weighted by Crippen LogP contribution is 2.26. The molecule has 0 unspecified atom stereocenters. The lowest BCUT2D eigenvalue weighted by atomic mass is 10.1. The van der Waals surface area contributed by atoms with E-state index < -0.39 is 16.6 Å². The molecule has 1 aromatic heterocycles. The van der Waals surface area contributed by atoms with Crippen molar-refractivity contribution in [2.75, 3.05) is 11.9 Å². The van der Waals surface area contributed by atoms with Crippen LogP contribution in [0.5, 0.6) is 0 Å². The predicted molar refractivity (Wildman–Crippen MR) is 76.5 cm³/mol. The quantitative estimate of drug-likeness (QED) is 0.676. The molecule has 0 fully saturated rings. The van der Waals surface area contributed by atoms with Crippen LogP contribution >= 0.6 is 11.3 Å². The van der Waals surface area contributed by atoms with Gasteiger partial charge >= 0.3 is 5.97 Å². The van der Waals surface area contributed by atoms with Gasteiger partial charge in [0.25, 0.3) is 5.69 Å². The maximum Gasteiger partial charge on any atom is 0.342 e. The van der Waals surface area contributed by atoms with Gasteiger partial charge in [-0.2, -0.15) is 0 Å². The third-order valence-electron chi connectivity index (χ3n) is 2.82. The van der Waals surface area contributed by atoms with E-state index in [0.717, 1.165) is 4.88 Å². The molecule has 0 aliphatic carbocycles. The summed E-state index contributed by atoms with van der Waals surface area (Å²) in [4.78, 5) is 24.2. The number of carboxylic acid groups (broad SMARTS) is 1. The first kappa shape index (κ1) is 14.0. The number of benzene rings is 1. The van der Waals surface area contributed by atoms with Crippen LogP contribution < -0.4 is 4.90 Å². The Morgan fingerprint density at radius 3 is 2.75 bits per heavy atom. The summed E-state index contributed by atoms with van der Waals surface area (Å²) in [6.07, 6.45) is 0. The van der Waals surface area contributed by atoms with Gasteiger partial charge in [0.05, 0.1) is 11.5 Å². The van der Waals surface area contributed by atoms with E-state index in [0.29, 0.717) is 12.2 Å². The largest absolute Gasteiger partial charge is 0.477 e. The van der Waals surface area contributed by atoms with Gasteiger partial charge < -0.3 is 10.0 Å². The Balaban J connectivity index is 2.31. The zero-order valence-electron chi connectivity index (χ0n) is 10.6. The number of rotatable bonds is 5. The minimum atomic E-state index is -1.30. The summed E-state index contributed by atoms with van der Waals surface area (Å²) in [6.45, 7) is 0.612. The van der Waals surface area contributed by atoms with Crippen LogP contribution in [0, 0.1) is 10.1 Å². The molecule has 0 aliphatic heterocycles. The van der Waals surface area contributed by atoms with E-state index in [1.165, 1.54) is 12.1 Å². The average Bonchev–Trinajstić information content (AvgIpc) is 2.90. The van der Waals surface area contributed by atoms with Crippen molar-refractivity contribution in [2.45, 2.75) is 6.54 Å². The lowest BCUT2D eigenvalue weighted by molar-refractivity contribution is -0.385. The molecule has 0 saturated heterocycles. The molecule has 0 atom stereocenters. The number of nitro groups is 1. The SMILES string of the molecule is CN(Cc1cccs1)c1ccc(C(=O)O)c([N+](=O)[O-])c1. The number of aromatic carboxylic acids is 1. The zero-order chi connectivity index (χ0) is 14.7. The van der Waals surface area contributed by atoms with E-state index in [1.807, 2.05) is 22.4 Å². The zero-order valence-corrected chi connectivity index (χ0v) is 11.5. The molecule has 0 amide bonds. The summed E-state index contributed by atoms with van der Waals surface area (Å²) in [7, 11) is 1.80. The van der Waals surface area contributed by atoms with Crippen molar-refractivity contribution >= 4 is 28.7 Å². The van der Waals surface area contributed by atoms with Crippen molar-refractivity contribution in [3.05, 3.63) is 56.3 Å².